The largest absolute Gasteiger partial charge is 0.507 e. The van der Waals surface area contributed by atoms with Gasteiger partial charge < -0.3 is 15.4 Å². The molecule has 1 unspecified atom stereocenters. The number of thiophene rings is 1. The van der Waals surface area contributed by atoms with Crippen molar-refractivity contribution < 1.29 is 5.11 Å². The summed E-state index contributed by atoms with van der Waals surface area (Å²) in [7, 11) is 1.93. The van der Waals surface area contributed by atoms with Crippen LogP contribution >= 0.6 is 11.3 Å². The first-order chi connectivity index (χ1) is 12.1. The molecule has 4 rings (SSSR count). The summed E-state index contributed by atoms with van der Waals surface area (Å²) in [6, 6.07) is 13.7. The Morgan fingerprint density at radius 2 is 1.88 bits per heavy atom. The molecule has 126 valence electrons. The number of rotatable bonds is 3. The quantitative estimate of drug-likeness (QED) is 0.513. The number of fused-ring (bicyclic) bond motifs is 3. The lowest BCUT2D eigenvalue weighted by Gasteiger charge is -2.13. The number of phenols is 1. The lowest BCUT2D eigenvalue weighted by molar-refractivity contribution is 0.478. The Morgan fingerprint density at radius 3 is 2.60 bits per heavy atom. The van der Waals surface area contributed by atoms with Crippen molar-refractivity contribution in [1.82, 2.24) is 10.3 Å². The van der Waals surface area contributed by atoms with E-state index in [0.717, 1.165) is 27.4 Å². The molecule has 3 N–H and O–H groups in total. The minimum absolute atomic E-state index is 0.0904. The van der Waals surface area contributed by atoms with Crippen LogP contribution in [0.5, 0.6) is 5.75 Å². The van der Waals surface area contributed by atoms with Gasteiger partial charge in [-0.2, -0.15) is 0 Å². The summed E-state index contributed by atoms with van der Waals surface area (Å²) in [6.07, 6.45) is 0. The second-order valence-corrected chi connectivity index (χ2v) is 7.05. The Hall–Kier alpha value is -2.63. The zero-order valence-electron chi connectivity index (χ0n) is 14.0. The average molecular weight is 350 g/mol. The highest BCUT2D eigenvalue weighted by Crippen LogP contribution is 2.39. The van der Waals surface area contributed by atoms with Crippen molar-refractivity contribution in [2.45, 2.75) is 13.0 Å². The van der Waals surface area contributed by atoms with Crippen LogP contribution in [0.15, 0.2) is 52.6 Å². The van der Waals surface area contributed by atoms with E-state index in [2.05, 4.69) is 29.4 Å². The van der Waals surface area contributed by atoms with E-state index in [1.54, 1.807) is 12.1 Å². The Kier molecular flexibility index (Phi) is 3.82. The number of nitrogens with one attached hydrogen (secondary N) is 2. The predicted molar refractivity (Wildman–Crippen MR) is 105 cm³/mol. The molecule has 2 heterocycles. The second kappa shape index (κ2) is 6.02. The summed E-state index contributed by atoms with van der Waals surface area (Å²) in [5.74, 6) is 0.210. The van der Waals surface area contributed by atoms with Crippen LogP contribution in [0, 0.1) is 0 Å². The maximum atomic E-state index is 12.2. The van der Waals surface area contributed by atoms with Crippen LogP contribution in [-0.2, 0) is 0 Å². The Morgan fingerprint density at radius 1 is 1.12 bits per heavy atom. The standard InChI is InChI=1S/C20H18N2O2S/c1-11(21-2)12-3-5-13(6-4-12)17-16(23)8-7-15-18(17)14-9-10-25-19(14)20(24)22-15/h3-11,21,23H,1-2H3,(H,22,24). The molecule has 4 nitrogen and oxygen atoms in total. The molecular formula is C20H18N2O2S. The molecule has 0 aliphatic carbocycles. The fraction of sp³-hybridized carbons (Fsp3) is 0.150. The van der Waals surface area contributed by atoms with Crippen molar-refractivity contribution in [3.8, 4) is 16.9 Å². The van der Waals surface area contributed by atoms with Gasteiger partial charge in [-0.25, -0.2) is 0 Å². The van der Waals surface area contributed by atoms with Gasteiger partial charge >= 0.3 is 0 Å². The topological polar surface area (TPSA) is 65.1 Å². The molecule has 5 heteroatoms. The summed E-state index contributed by atoms with van der Waals surface area (Å²) in [5, 5.41) is 17.4. The van der Waals surface area contributed by atoms with E-state index in [9.17, 15) is 9.90 Å². The maximum Gasteiger partial charge on any atom is 0.266 e. The molecule has 0 amide bonds. The molecular weight excluding hydrogens is 332 g/mol. The van der Waals surface area contributed by atoms with E-state index in [4.69, 9.17) is 0 Å². The summed E-state index contributed by atoms with van der Waals surface area (Å²) < 4.78 is 0.680. The molecule has 0 saturated carbocycles. The fourth-order valence-corrected chi connectivity index (χ4v) is 4.03. The number of aromatic nitrogens is 1. The smallest absolute Gasteiger partial charge is 0.266 e. The van der Waals surface area contributed by atoms with Crippen molar-refractivity contribution in [2.75, 3.05) is 7.05 Å². The maximum absolute atomic E-state index is 12.2. The normalized spacial score (nSPS) is 12.7. The van der Waals surface area contributed by atoms with Crippen molar-refractivity contribution in [3.05, 3.63) is 63.8 Å². The van der Waals surface area contributed by atoms with Crippen LogP contribution in [0.1, 0.15) is 18.5 Å². The zero-order chi connectivity index (χ0) is 17.6. The highest BCUT2D eigenvalue weighted by atomic mass is 32.1. The molecule has 0 aliphatic rings. The molecule has 0 spiro atoms. The van der Waals surface area contributed by atoms with Gasteiger partial charge in [-0.15, -0.1) is 11.3 Å². The lowest BCUT2D eigenvalue weighted by Crippen LogP contribution is -2.11. The van der Waals surface area contributed by atoms with Gasteiger partial charge in [0.1, 0.15) is 10.4 Å². The summed E-state index contributed by atoms with van der Waals surface area (Å²) in [4.78, 5) is 15.2. The fourth-order valence-electron chi connectivity index (χ4n) is 3.23. The first-order valence-electron chi connectivity index (χ1n) is 8.13. The van der Waals surface area contributed by atoms with E-state index >= 15 is 0 Å². The zero-order valence-corrected chi connectivity index (χ0v) is 14.8. The number of aromatic hydroxyl groups is 1. The van der Waals surface area contributed by atoms with Gasteiger partial charge in [-0.05, 0) is 48.7 Å². The Balaban J connectivity index is 2.02. The number of hydrogen-bond donors (Lipinski definition) is 3. The number of benzene rings is 2. The number of H-pyrrole nitrogens is 1. The third-order valence-corrected chi connectivity index (χ3v) is 5.62. The highest BCUT2D eigenvalue weighted by molar-refractivity contribution is 7.17. The predicted octanol–water partition coefficient (Wildman–Crippen LogP) is 4.40. The van der Waals surface area contributed by atoms with Gasteiger partial charge in [0.2, 0.25) is 0 Å². The van der Waals surface area contributed by atoms with Crippen LogP contribution in [0.2, 0.25) is 0 Å². The lowest BCUT2D eigenvalue weighted by atomic mass is 9.96. The number of aromatic amines is 1. The van der Waals surface area contributed by atoms with Crippen molar-refractivity contribution >= 4 is 32.3 Å². The number of phenolic OH excluding ortho intramolecular Hbond substituents is 1. The molecule has 1 atom stereocenters. The number of hydrogen-bond acceptors (Lipinski definition) is 4. The van der Waals surface area contributed by atoms with Crippen LogP contribution < -0.4 is 10.9 Å². The Bertz CT molecular complexity index is 1130. The highest BCUT2D eigenvalue weighted by Gasteiger charge is 2.15. The van der Waals surface area contributed by atoms with Gasteiger partial charge in [0, 0.05) is 27.9 Å². The van der Waals surface area contributed by atoms with E-state index in [1.165, 1.54) is 16.9 Å². The van der Waals surface area contributed by atoms with E-state index < -0.39 is 0 Å². The molecule has 4 aromatic rings. The van der Waals surface area contributed by atoms with E-state index in [1.807, 2.05) is 30.6 Å². The van der Waals surface area contributed by atoms with Gasteiger partial charge in [0.25, 0.3) is 5.56 Å². The monoisotopic (exact) mass is 350 g/mol. The molecule has 2 aromatic carbocycles. The minimum Gasteiger partial charge on any atom is -0.507 e. The van der Waals surface area contributed by atoms with Gasteiger partial charge in [-0.1, -0.05) is 24.3 Å². The van der Waals surface area contributed by atoms with Crippen molar-refractivity contribution in [3.63, 3.8) is 0 Å². The van der Waals surface area contributed by atoms with Crippen LogP contribution in [-0.4, -0.2) is 17.1 Å². The van der Waals surface area contributed by atoms with Gasteiger partial charge in [-0.3, -0.25) is 4.79 Å². The minimum atomic E-state index is -0.0904. The second-order valence-electron chi connectivity index (χ2n) is 6.13. The van der Waals surface area contributed by atoms with Crippen molar-refractivity contribution in [1.29, 1.82) is 0 Å². The molecule has 2 aromatic heterocycles. The average Bonchev–Trinajstić information content (AvgIpc) is 3.12. The van der Waals surface area contributed by atoms with Crippen LogP contribution in [0.4, 0.5) is 0 Å². The molecule has 25 heavy (non-hydrogen) atoms. The molecule has 0 aliphatic heterocycles. The van der Waals surface area contributed by atoms with Crippen molar-refractivity contribution in [2.24, 2.45) is 0 Å². The van der Waals surface area contributed by atoms with Crippen LogP contribution in [0.25, 0.3) is 32.1 Å². The SMILES string of the molecule is CNC(C)c1ccc(-c2c(O)ccc3[nH]c(=O)c4sccc4c23)cc1. The molecule has 0 fully saturated rings. The summed E-state index contributed by atoms with van der Waals surface area (Å²) in [6.45, 7) is 2.10. The summed E-state index contributed by atoms with van der Waals surface area (Å²) >= 11 is 1.41. The molecule has 0 bridgehead atoms. The third-order valence-electron chi connectivity index (χ3n) is 4.70. The molecule has 0 saturated heterocycles. The first-order valence-corrected chi connectivity index (χ1v) is 9.01. The third kappa shape index (κ3) is 2.52. The van der Waals surface area contributed by atoms with Gasteiger partial charge in [0.05, 0.1) is 0 Å². The molecule has 0 radical (unpaired) electrons. The van der Waals surface area contributed by atoms with E-state index in [-0.39, 0.29) is 17.4 Å². The summed E-state index contributed by atoms with van der Waals surface area (Å²) in [5.41, 5.74) is 3.50. The van der Waals surface area contributed by atoms with Gasteiger partial charge in [0.15, 0.2) is 0 Å². The van der Waals surface area contributed by atoms with E-state index in [0.29, 0.717) is 4.70 Å². The first kappa shape index (κ1) is 15.9. The number of pyridine rings is 1. The Labute approximate surface area is 148 Å². The van der Waals surface area contributed by atoms with Crippen LogP contribution in [0.3, 0.4) is 0 Å².